The Bertz CT molecular complexity index is 1050. The zero-order valence-electron chi connectivity index (χ0n) is 23.9. The SMILES string of the molecule is C=C(C(=O)NC1CCCC1)[C@H](C[C@@H]1CCNC1=O)NC(=O)[C@@H]1CCCN1C(=O)[C@H](NC(=O)C12CC(C1)C2)C(C)C. The first kappa shape index (κ1) is 28.6. The van der Waals surface area contributed by atoms with Gasteiger partial charge in [0.05, 0.1) is 6.04 Å². The quantitative estimate of drug-likeness (QED) is 0.287. The summed E-state index contributed by atoms with van der Waals surface area (Å²) in [6, 6.07) is -2.01. The van der Waals surface area contributed by atoms with Gasteiger partial charge in [-0.15, -0.1) is 0 Å². The van der Waals surface area contributed by atoms with Crippen molar-refractivity contribution in [3.63, 3.8) is 0 Å². The second-order valence-corrected chi connectivity index (χ2v) is 13.2. The van der Waals surface area contributed by atoms with Crippen molar-refractivity contribution in [3.8, 4) is 0 Å². The lowest BCUT2D eigenvalue weighted by atomic mass is 9.44. The summed E-state index contributed by atoms with van der Waals surface area (Å²) >= 11 is 0. The Hall–Kier alpha value is -2.91. The van der Waals surface area contributed by atoms with Gasteiger partial charge in [0.1, 0.15) is 12.1 Å². The predicted molar refractivity (Wildman–Crippen MR) is 148 cm³/mol. The molecule has 10 nitrogen and oxygen atoms in total. The van der Waals surface area contributed by atoms with E-state index in [4.69, 9.17) is 0 Å². The number of nitrogens with zero attached hydrogens (tertiary/aromatic N) is 1. The van der Waals surface area contributed by atoms with Crippen LogP contribution < -0.4 is 21.3 Å². The monoisotopic (exact) mass is 555 g/mol. The van der Waals surface area contributed by atoms with Gasteiger partial charge >= 0.3 is 0 Å². The number of amides is 5. The number of likely N-dealkylation sites (tertiary alicyclic amines) is 1. The molecule has 0 unspecified atom stereocenters. The number of nitrogens with one attached hydrogen (secondary N) is 4. The molecule has 6 rings (SSSR count). The van der Waals surface area contributed by atoms with Gasteiger partial charge < -0.3 is 26.2 Å². The minimum atomic E-state index is -0.717. The number of hydrogen-bond acceptors (Lipinski definition) is 5. The standard InChI is InChI=1S/C30H45N5O5/c1-17(2)24(34-29(40)30-14-19(15-30)16-30)28(39)35-12-6-9-23(35)27(38)33-22(13-20-10-11-31-26(20)37)18(3)25(36)32-21-7-4-5-8-21/h17,19-24H,3-16H2,1-2H3,(H,31,37)(H,32,36)(H,33,38)(H,34,40)/t19?,20-,22-,23-,24+,30?/m0/s1. The van der Waals surface area contributed by atoms with E-state index in [1.165, 1.54) is 0 Å². The molecule has 0 aromatic rings. The fourth-order valence-electron chi connectivity index (χ4n) is 7.26. The summed E-state index contributed by atoms with van der Waals surface area (Å²) in [6.45, 7) is 8.85. The Morgan fingerprint density at radius 1 is 1.02 bits per heavy atom. The molecule has 2 heterocycles. The molecule has 220 valence electrons. The number of carbonyl (C=O) groups excluding carboxylic acids is 5. The Labute approximate surface area is 236 Å². The third-order valence-corrected chi connectivity index (χ3v) is 9.98. The molecule has 6 fully saturated rings. The van der Waals surface area contributed by atoms with Crippen molar-refractivity contribution in [1.82, 2.24) is 26.2 Å². The summed E-state index contributed by atoms with van der Waals surface area (Å²) in [5, 5.41) is 11.9. The van der Waals surface area contributed by atoms with Gasteiger partial charge in [-0.05, 0) is 69.6 Å². The van der Waals surface area contributed by atoms with Gasteiger partial charge in [-0.25, -0.2) is 0 Å². The zero-order valence-corrected chi connectivity index (χ0v) is 23.9. The fraction of sp³-hybridized carbons (Fsp3) is 0.767. The molecule has 10 heteroatoms. The maximum atomic E-state index is 13.7. The first-order chi connectivity index (χ1) is 19.1. The van der Waals surface area contributed by atoms with Crippen LogP contribution in [0.15, 0.2) is 12.2 Å². The van der Waals surface area contributed by atoms with Gasteiger partial charge in [0.2, 0.25) is 29.5 Å². The van der Waals surface area contributed by atoms with Crippen LogP contribution in [0, 0.1) is 23.2 Å². The molecule has 0 spiro atoms. The molecule has 4 aliphatic carbocycles. The minimum absolute atomic E-state index is 0.0401. The minimum Gasteiger partial charge on any atom is -0.356 e. The van der Waals surface area contributed by atoms with E-state index >= 15 is 0 Å². The molecule has 5 amide bonds. The summed E-state index contributed by atoms with van der Waals surface area (Å²) < 4.78 is 0. The van der Waals surface area contributed by atoms with Crippen molar-refractivity contribution in [2.24, 2.45) is 23.2 Å². The van der Waals surface area contributed by atoms with E-state index in [1.807, 2.05) is 13.8 Å². The van der Waals surface area contributed by atoms with Crippen LogP contribution in [0.5, 0.6) is 0 Å². The second kappa shape index (κ2) is 11.5. The van der Waals surface area contributed by atoms with Crippen LogP contribution in [0.2, 0.25) is 0 Å². The lowest BCUT2D eigenvalue weighted by Crippen LogP contribution is -2.64. The van der Waals surface area contributed by atoms with E-state index in [0.29, 0.717) is 38.3 Å². The maximum absolute atomic E-state index is 13.7. The first-order valence-electron chi connectivity index (χ1n) is 15.3. The number of carbonyl (C=O) groups is 5. The van der Waals surface area contributed by atoms with Gasteiger partial charge in [0.15, 0.2) is 0 Å². The zero-order chi connectivity index (χ0) is 28.6. The molecular weight excluding hydrogens is 510 g/mol. The normalized spacial score (nSPS) is 30.6. The first-order valence-corrected chi connectivity index (χ1v) is 15.3. The van der Waals surface area contributed by atoms with Crippen LogP contribution in [0.3, 0.4) is 0 Å². The third-order valence-electron chi connectivity index (χ3n) is 9.98. The highest BCUT2D eigenvalue weighted by Crippen LogP contribution is 2.64. The summed E-state index contributed by atoms with van der Waals surface area (Å²) in [5.41, 5.74) is -0.0549. The van der Waals surface area contributed by atoms with Crippen molar-refractivity contribution in [2.45, 2.75) is 109 Å². The molecule has 4 saturated carbocycles. The average molecular weight is 556 g/mol. The van der Waals surface area contributed by atoms with Gasteiger partial charge in [-0.1, -0.05) is 33.3 Å². The largest absolute Gasteiger partial charge is 0.356 e. The second-order valence-electron chi connectivity index (χ2n) is 13.2. The highest BCUT2D eigenvalue weighted by Gasteiger charge is 2.61. The van der Waals surface area contributed by atoms with Crippen molar-refractivity contribution in [1.29, 1.82) is 0 Å². The molecule has 2 bridgehead atoms. The van der Waals surface area contributed by atoms with Crippen LogP contribution in [0.4, 0.5) is 0 Å². The van der Waals surface area contributed by atoms with E-state index in [2.05, 4.69) is 27.8 Å². The van der Waals surface area contributed by atoms with Gasteiger partial charge in [-0.3, -0.25) is 24.0 Å². The number of rotatable bonds is 11. The number of hydrogen-bond donors (Lipinski definition) is 4. The molecule has 0 radical (unpaired) electrons. The molecule has 6 aliphatic rings. The maximum Gasteiger partial charge on any atom is 0.248 e. The van der Waals surface area contributed by atoms with Crippen LogP contribution in [-0.4, -0.2) is 71.7 Å². The van der Waals surface area contributed by atoms with E-state index in [-0.39, 0.29) is 64.8 Å². The Morgan fingerprint density at radius 2 is 1.73 bits per heavy atom. The summed E-state index contributed by atoms with van der Waals surface area (Å²) in [5.74, 6) is -0.799. The molecule has 0 aromatic heterocycles. The highest BCUT2D eigenvalue weighted by atomic mass is 16.2. The average Bonchev–Trinajstić information content (AvgIpc) is 3.62. The van der Waals surface area contributed by atoms with E-state index in [9.17, 15) is 24.0 Å². The Morgan fingerprint density at radius 3 is 2.30 bits per heavy atom. The van der Waals surface area contributed by atoms with E-state index in [0.717, 1.165) is 44.9 Å². The summed E-state index contributed by atoms with van der Waals surface area (Å²) in [6.07, 6.45) is 8.81. The predicted octanol–water partition coefficient (Wildman–Crippen LogP) is 1.54. The smallest absolute Gasteiger partial charge is 0.248 e. The molecule has 4 N–H and O–H groups in total. The van der Waals surface area contributed by atoms with Crippen molar-refractivity contribution in [2.75, 3.05) is 13.1 Å². The van der Waals surface area contributed by atoms with E-state index < -0.39 is 18.1 Å². The summed E-state index contributed by atoms with van der Waals surface area (Å²) in [4.78, 5) is 67.4. The molecule has 0 aromatic carbocycles. The molecular formula is C30H45N5O5. The molecule has 2 saturated heterocycles. The van der Waals surface area contributed by atoms with Crippen LogP contribution in [-0.2, 0) is 24.0 Å². The molecule has 4 atom stereocenters. The molecule has 2 aliphatic heterocycles. The highest BCUT2D eigenvalue weighted by molar-refractivity contribution is 5.97. The van der Waals surface area contributed by atoms with Gasteiger partial charge in [0, 0.05) is 36.0 Å². The van der Waals surface area contributed by atoms with Gasteiger partial charge in [-0.2, -0.15) is 0 Å². The van der Waals surface area contributed by atoms with E-state index in [1.54, 1.807) is 4.90 Å². The van der Waals surface area contributed by atoms with Crippen LogP contribution in [0.25, 0.3) is 0 Å². The molecule has 40 heavy (non-hydrogen) atoms. The Balaban J connectivity index is 1.25. The lowest BCUT2D eigenvalue weighted by Gasteiger charge is -2.60. The van der Waals surface area contributed by atoms with Crippen LogP contribution in [0.1, 0.15) is 84.5 Å². The van der Waals surface area contributed by atoms with Crippen molar-refractivity contribution in [3.05, 3.63) is 12.2 Å². The topological polar surface area (TPSA) is 137 Å². The third kappa shape index (κ3) is 5.63. The van der Waals surface area contributed by atoms with Crippen molar-refractivity contribution < 1.29 is 24.0 Å². The fourth-order valence-corrected chi connectivity index (χ4v) is 7.26. The lowest BCUT2D eigenvalue weighted by molar-refractivity contribution is -0.167. The Kier molecular flexibility index (Phi) is 8.25. The van der Waals surface area contributed by atoms with Gasteiger partial charge in [0.25, 0.3) is 0 Å². The van der Waals surface area contributed by atoms with Crippen LogP contribution >= 0.6 is 0 Å². The van der Waals surface area contributed by atoms with Crippen molar-refractivity contribution >= 4 is 29.5 Å². The summed E-state index contributed by atoms with van der Waals surface area (Å²) in [7, 11) is 0.